The number of nitrogens with zero attached hydrogens (tertiary/aromatic N) is 1. The molecule has 0 unspecified atom stereocenters. The lowest BCUT2D eigenvalue weighted by molar-refractivity contribution is -0.114. The van der Waals surface area contributed by atoms with Crippen molar-refractivity contribution in [1.82, 2.24) is 4.98 Å². The molecule has 1 amide bonds. The second kappa shape index (κ2) is 5.15. The average molecular weight is 278 g/mol. The largest absolute Gasteiger partial charge is 0.496 e. The van der Waals surface area contributed by atoms with Gasteiger partial charge in [-0.2, -0.15) is 0 Å². The fourth-order valence-electron chi connectivity index (χ4n) is 1.72. The molecule has 1 aromatic carbocycles. The summed E-state index contributed by atoms with van der Waals surface area (Å²) < 4.78 is 5.28. The van der Waals surface area contributed by atoms with Crippen molar-refractivity contribution >= 4 is 33.1 Å². The Bertz CT molecular complexity index is 624. The molecule has 0 fully saturated rings. The van der Waals surface area contributed by atoms with Gasteiger partial charge in [0.15, 0.2) is 5.13 Å². The van der Waals surface area contributed by atoms with Crippen LogP contribution in [0.2, 0.25) is 0 Å². The van der Waals surface area contributed by atoms with Gasteiger partial charge in [0.2, 0.25) is 5.91 Å². The summed E-state index contributed by atoms with van der Waals surface area (Å²) in [5, 5.41) is 3.60. The van der Waals surface area contributed by atoms with E-state index in [0.717, 1.165) is 0 Å². The molecule has 1 heterocycles. The average Bonchev–Trinajstić information content (AvgIpc) is 2.67. The summed E-state index contributed by atoms with van der Waals surface area (Å²) in [4.78, 5) is 15.3. The van der Waals surface area contributed by atoms with E-state index in [1.54, 1.807) is 25.3 Å². The lowest BCUT2D eigenvalue weighted by Gasteiger charge is -2.10. The SMILES string of the molecule is COc1ccc(NC(C)=O)cc1-c1nc(N)sc1N. The number of ether oxygens (including phenoxy) is 1. The number of nitrogen functional groups attached to an aromatic ring is 2. The quantitative estimate of drug-likeness (QED) is 0.796. The zero-order chi connectivity index (χ0) is 14.0. The summed E-state index contributed by atoms with van der Waals surface area (Å²) in [5.41, 5.74) is 13.4. The second-order valence-electron chi connectivity index (χ2n) is 3.86. The molecule has 0 atom stereocenters. The van der Waals surface area contributed by atoms with E-state index in [9.17, 15) is 4.79 Å². The molecule has 0 bridgehead atoms. The molecule has 2 rings (SSSR count). The highest BCUT2D eigenvalue weighted by Gasteiger charge is 2.15. The van der Waals surface area contributed by atoms with Gasteiger partial charge in [-0.15, -0.1) is 0 Å². The maximum atomic E-state index is 11.1. The van der Waals surface area contributed by atoms with Crippen molar-refractivity contribution in [2.45, 2.75) is 6.92 Å². The van der Waals surface area contributed by atoms with Gasteiger partial charge in [-0.3, -0.25) is 4.79 Å². The van der Waals surface area contributed by atoms with E-state index in [1.807, 2.05) is 0 Å². The Morgan fingerprint density at radius 3 is 2.68 bits per heavy atom. The number of hydrogen-bond donors (Lipinski definition) is 3. The van der Waals surface area contributed by atoms with Gasteiger partial charge < -0.3 is 21.5 Å². The smallest absolute Gasteiger partial charge is 0.221 e. The molecule has 0 saturated heterocycles. The topological polar surface area (TPSA) is 103 Å². The number of nitrogens with two attached hydrogens (primary N) is 2. The van der Waals surface area contributed by atoms with Crippen LogP contribution < -0.4 is 21.5 Å². The number of methoxy groups -OCH3 is 1. The Kier molecular flexibility index (Phi) is 3.57. The van der Waals surface area contributed by atoms with Gasteiger partial charge in [0.25, 0.3) is 0 Å². The van der Waals surface area contributed by atoms with E-state index >= 15 is 0 Å². The minimum atomic E-state index is -0.151. The van der Waals surface area contributed by atoms with Crippen molar-refractivity contribution in [2.75, 3.05) is 23.9 Å². The highest BCUT2D eigenvalue weighted by atomic mass is 32.1. The molecule has 6 nitrogen and oxygen atoms in total. The van der Waals surface area contributed by atoms with Gasteiger partial charge in [-0.05, 0) is 18.2 Å². The standard InChI is InChI=1S/C12H14N4O2S/c1-6(17)15-7-3-4-9(18-2)8(5-7)10-11(13)19-12(14)16-10/h3-5H,13H2,1-2H3,(H2,14,16)(H,15,17). The summed E-state index contributed by atoms with van der Waals surface area (Å²) in [5.74, 6) is 0.466. The molecule has 0 saturated carbocycles. The predicted molar refractivity (Wildman–Crippen MR) is 77.2 cm³/mol. The highest BCUT2D eigenvalue weighted by molar-refractivity contribution is 7.19. The summed E-state index contributed by atoms with van der Waals surface area (Å²) in [7, 11) is 1.56. The minimum absolute atomic E-state index is 0.151. The maximum absolute atomic E-state index is 11.1. The molecule has 100 valence electrons. The molecular formula is C12H14N4O2S. The molecule has 0 aliphatic rings. The highest BCUT2D eigenvalue weighted by Crippen LogP contribution is 2.38. The van der Waals surface area contributed by atoms with Gasteiger partial charge in [-0.25, -0.2) is 4.98 Å². The Labute approximate surface area is 114 Å². The molecular weight excluding hydrogens is 264 g/mol. The Balaban J connectivity index is 2.53. The number of benzene rings is 1. The number of thiazole rings is 1. The fourth-order valence-corrected chi connectivity index (χ4v) is 2.33. The van der Waals surface area contributed by atoms with E-state index in [2.05, 4.69) is 10.3 Å². The van der Waals surface area contributed by atoms with E-state index in [4.69, 9.17) is 16.2 Å². The van der Waals surface area contributed by atoms with Crippen LogP contribution in [0.25, 0.3) is 11.3 Å². The van der Waals surface area contributed by atoms with Crippen LogP contribution in [0.5, 0.6) is 5.75 Å². The number of carbonyl (C=O) groups excluding carboxylic acids is 1. The number of rotatable bonds is 3. The Morgan fingerprint density at radius 1 is 1.42 bits per heavy atom. The van der Waals surface area contributed by atoms with Crippen molar-refractivity contribution in [2.24, 2.45) is 0 Å². The lowest BCUT2D eigenvalue weighted by Crippen LogP contribution is -2.06. The Morgan fingerprint density at radius 2 is 2.16 bits per heavy atom. The zero-order valence-corrected chi connectivity index (χ0v) is 11.4. The number of carbonyl (C=O) groups is 1. The molecule has 0 aliphatic heterocycles. The van der Waals surface area contributed by atoms with Crippen LogP contribution in [-0.4, -0.2) is 18.0 Å². The normalized spacial score (nSPS) is 10.2. The number of amides is 1. The molecule has 0 spiro atoms. The summed E-state index contributed by atoms with van der Waals surface area (Å²) in [6, 6.07) is 5.25. The van der Waals surface area contributed by atoms with Crippen LogP contribution in [0.15, 0.2) is 18.2 Å². The van der Waals surface area contributed by atoms with Crippen molar-refractivity contribution in [1.29, 1.82) is 0 Å². The first-order valence-electron chi connectivity index (χ1n) is 5.49. The van der Waals surface area contributed by atoms with Crippen molar-refractivity contribution in [3.05, 3.63) is 18.2 Å². The third-order valence-electron chi connectivity index (χ3n) is 2.44. The first-order chi connectivity index (χ1) is 9.01. The monoisotopic (exact) mass is 278 g/mol. The molecule has 1 aromatic heterocycles. The molecule has 2 aromatic rings. The van der Waals surface area contributed by atoms with Gasteiger partial charge in [-0.1, -0.05) is 11.3 Å². The molecule has 7 heteroatoms. The molecule has 19 heavy (non-hydrogen) atoms. The van der Waals surface area contributed by atoms with Crippen LogP contribution >= 0.6 is 11.3 Å². The van der Waals surface area contributed by atoms with Gasteiger partial charge in [0.1, 0.15) is 16.4 Å². The van der Waals surface area contributed by atoms with E-state index < -0.39 is 0 Å². The maximum Gasteiger partial charge on any atom is 0.221 e. The predicted octanol–water partition coefficient (Wildman–Crippen LogP) is 1.94. The first kappa shape index (κ1) is 13.2. The van der Waals surface area contributed by atoms with Crippen LogP contribution in [0.3, 0.4) is 0 Å². The van der Waals surface area contributed by atoms with Crippen LogP contribution in [0.4, 0.5) is 15.8 Å². The summed E-state index contributed by atoms with van der Waals surface area (Å²) in [6.45, 7) is 1.44. The van der Waals surface area contributed by atoms with Crippen molar-refractivity contribution in [3.8, 4) is 17.0 Å². The summed E-state index contributed by atoms with van der Waals surface area (Å²) in [6.07, 6.45) is 0. The van der Waals surface area contributed by atoms with Crippen molar-refractivity contribution < 1.29 is 9.53 Å². The third-order valence-corrected chi connectivity index (χ3v) is 3.16. The lowest BCUT2D eigenvalue weighted by atomic mass is 10.1. The van der Waals surface area contributed by atoms with Gasteiger partial charge in [0.05, 0.1) is 7.11 Å². The van der Waals surface area contributed by atoms with E-state index in [1.165, 1.54) is 18.3 Å². The molecule has 0 aliphatic carbocycles. The van der Waals surface area contributed by atoms with Gasteiger partial charge in [0, 0.05) is 18.2 Å². The van der Waals surface area contributed by atoms with Crippen LogP contribution in [0, 0.1) is 0 Å². The zero-order valence-electron chi connectivity index (χ0n) is 10.6. The van der Waals surface area contributed by atoms with Crippen LogP contribution in [0.1, 0.15) is 6.92 Å². The third kappa shape index (κ3) is 2.76. The number of hydrogen-bond acceptors (Lipinski definition) is 6. The Hall–Kier alpha value is -2.28. The second-order valence-corrected chi connectivity index (χ2v) is 4.92. The van der Waals surface area contributed by atoms with Gasteiger partial charge >= 0.3 is 0 Å². The van der Waals surface area contributed by atoms with Crippen molar-refractivity contribution in [3.63, 3.8) is 0 Å². The first-order valence-corrected chi connectivity index (χ1v) is 6.30. The summed E-state index contributed by atoms with van der Waals surface area (Å²) >= 11 is 1.20. The van der Waals surface area contributed by atoms with E-state index in [0.29, 0.717) is 32.8 Å². The van der Waals surface area contributed by atoms with Crippen LogP contribution in [-0.2, 0) is 4.79 Å². The number of anilines is 3. The minimum Gasteiger partial charge on any atom is -0.496 e. The number of nitrogens with one attached hydrogen (secondary N) is 1. The molecule has 5 N–H and O–H groups in total. The fraction of sp³-hybridized carbons (Fsp3) is 0.167. The van der Waals surface area contributed by atoms with E-state index in [-0.39, 0.29) is 5.91 Å². The number of aromatic nitrogens is 1. The molecule has 0 radical (unpaired) electrons.